The van der Waals surface area contributed by atoms with Gasteiger partial charge in [-0.1, -0.05) is 30.5 Å². The van der Waals surface area contributed by atoms with Crippen LogP contribution in [0.1, 0.15) is 48.0 Å². The molecule has 0 aromatic heterocycles. The number of piperazine rings is 1. The van der Waals surface area contributed by atoms with Crippen molar-refractivity contribution in [1.29, 1.82) is 0 Å². The zero-order valence-electron chi connectivity index (χ0n) is 17.9. The molecule has 1 saturated heterocycles. The van der Waals surface area contributed by atoms with Gasteiger partial charge in [0, 0.05) is 52.0 Å². The molecule has 1 saturated carbocycles. The summed E-state index contributed by atoms with van der Waals surface area (Å²) in [6.45, 7) is 6.20. The van der Waals surface area contributed by atoms with E-state index in [2.05, 4.69) is 10.2 Å². The quantitative estimate of drug-likeness (QED) is 0.680. The van der Waals surface area contributed by atoms with Crippen molar-refractivity contribution in [2.45, 2.75) is 45.1 Å². The minimum absolute atomic E-state index is 0.0725. The summed E-state index contributed by atoms with van der Waals surface area (Å²) < 4.78 is 5.08. The first kappa shape index (κ1) is 21.8. The second kappa shape index (κ2) is 10.7. The highest BCUT2D eigenvalue weighted by Gasteiger charge is 2.37. The Hall–Kier alpha value is -1.92. The van der Waals surface area contributed by atoms with E-state index in [0.717, 1.165) is 43.5 Å². The van der Waals surface area contributed by atoms with Gasteiger partial charge in [0.05, 0.1) is 6.04 Å². The Kier molecular flexibility index (Phi) is 8.07. The molecular weight excluding hydrogens is 366 g/mol. The van der Waals surface area contributed by atoms with Gasteiger partial charge in [0.1, 0.15) is 0 Å². The van der Waals surface area contributed by atoms with Crippen LogP contribution in [0.2, 0.25) is 0 Å². The maximum atomic E-state index is 13.0. The number of hydrogen-bond donors (Lipinski definition) is 1. The van der Waals surface area contributed by atoms with Crippen LogP contribution in [-0.4, -0.2) is 74.1 Å². The lowest BCUT2D eigenvalue weighted by molar-refractivity contribution is -0.129. The Morgan fingerprint density at radius 1 is 1.10 bits per heavy atom. The number of hydrogen-bond acceptors (Lipinski definition) is 4. The number of carbonyl (C=O) groups is 2. The molecule has 6 nitrogen and oxygen atoms in total. The minimum atomic E-state index is -0.0725. The first-order valence-electron chi connectivity index (χ1n) is 11.0. The molecule has 1 N–H and O–H groups in total. The molecule has 1 atom stereocenters. The molecule has 160 valence electrons. The maximum Gasteiger partial charge on any atom is 0.253 e. The van der Waals surface area contributed by atoms with E-state index in [9.17, 15) is 9.59 Å². The summed E-state index contributed by atoms with van der Waals surface area (Å²) in [7, 11) is 1.68. The largest absolute Gasteiger partial charge is 0.385 e. The lowest BCUT2D eigenvalue weighted by Gasteiger charge is -2.40. The molecule has 6 heteroatoms. The molecule has 0 spiro atoms. The van der Waals surface area contributed by atoms with Gasteiger partial charge in [-0.25, -0.2) is 0 Å². The third kappa shape index (κ3) is 5.80. The van der Waals surface area contributed by atoms with E-state index < -0.39 is 0 Å². The monoisotopic (exact) mass is 401 g/mol. The van der Waals surface area contributed by atoms with Crippen molar-refractivity contribution in [3.05, 3.63) is 35.4 Å². The number of nitrogens with one attached hydrogen (secondary N) is 1. The summed E-state index contributed by atoms with van der Waals surface area (Å²) in [5.41, 5.74) is 1.90. The molecule has 1 aliphatic heterocycles. The van der Waals surface area contributed by atoms with Gasteiger partial charge in [-0.05, 0) is 44.2 Å². The van der Waals surface area contributed by atoms with Gasteiger partial charge in [-0.2, -0.15) is 0 Å². The minimum Gasteiger partial charge on any atom is -0.385 e. The molecular formula is C23H35N3O3. The molecule has 2 aliphatic rings. The fraction of sp³-hybridized carbons (Fsp3) is 0.652. The summed E-state index contributed by atoms with van der Waals surface area (Å²) in [6.07, 6.45) is 5.50. The van der Waals surface area contributed by atoms with Crippen molar-refractivity contribution in [1.82, 2.24) is 15.1 Å². The number of benzene rings is 1. The van der Waals surface area contributed by atoms with Crippen molar-refractivity contribution in [3.63, 3.8) is 0 Å². The van der Waals surface area contributed by atoms with E-state index in [0.29, 0.717) is 32.2 Å². The zero-order valence-corrected chi connectivity index (χ0v) is 17.9. The highest BCUT2D eigenvalue weighted by Crippen LogP contribution is 2.31. The normalized spacial score (nSPS) is 19.3. The number of carbonyl (C=O) groups excluding carboxylic acids is 2. The number of nitrogens with zero attached hydrogens (tertiary/aromatic N) is 2. The van der Waals surface area contributed by atoms with Gasteiger partial charge in [0.2, 0.25) is 5.91 Å². The second-order valence-electron chi connectivity index (χ2n) is 8.32. The van der Waals surface area contributed by atoms with Gasteiger partial charge >= 0.3 is 0 Å². The van der Waals surface area contributed by atoms with E-state index >= 15 is 0 Å². The molecule has 0 radical (unpaired) electrons. The number of aryl methyl sites for hydroxylation is 1. The molecule has 2 fully saturated rings. The van der Waals surface area contributed by atoms with Gasteiger partial charge < -0.3 is 15.0 Å². The van der Waals surface area contributed by atoms with E-state index in [4.69, 9.17) is 4.74 Å². The van der Waals surface area contributed by atoms with Crippen molar-refractivity contribution < 1.29 is 14.3 Å². The van der Waals surface area contributed by atoms with Crippen molar-refractivity contribution in [2.24, 2.45) is 5.92 Å². The number of amides is 2. The second-order valence-corrected chi connectivity index (χ2v) is 8.32. The van der Waals surface area contributed by atoms with Crippen molar-refractivity contribution in [2.75, 3.05) is 46.4 Å². The fourth-order valence-corrected chi connectivity index (χ4v) is 4.57. The highest BCUT2D eigenvalue weighted by atomic mass is 16.5. The molecule has 3 rings (SSSR count). The summed E-state index contributed by atoms with van der Waals surface area (Å²) in [6, 6.07) is 7.69. The maximum absolute atomic E-state index is 13.0. The van der Waals surface area contributed by atoms with Crippen LogP contribution in [0.15, 0.2) is 24.3 Å². The van der Waals surface area contributed by atoms with Crippen LogP contribution in [0.25, 0.3) is 0 Å². The number of ether oxygens (including phenoxy) is 1. The van der Waals surface area contributed by atoms with Crippen LogP contribution < -0.4 is 5.32 Å². The summed E-state index contributed by atoms with van der Waals surface area (Å²) in [5.74, 6) is 0.661. The average Bonchev–Trinajstić information content (AvgIpc) is 3.26. The summed E-state index contributed by atoms with van der Waals surface area (Å²) >= 11 is 0. The third-order valence-electron chi connectivity index (χ3n) is 6.23. The van der Waals surface area contributed by atoms with Crippen LogP contribution in [0.4, 0.5) is 0 Å². The summed E-state index contributed by atoms with van der Waals surface area (Å²) in [5, 5.41) is 3.12. The SMILES string of the molecule is COCCCNC(=O)[C@@H](C1CCCC1)N1CCN(C(=O)c2ccc(C)cc2)CC1. The first-order chi connectivity index (χ1) is 14.1. The Balaban J connectivity index is 1.58. The van der Waals surface area contributed by atoms with E-state index in [1.165, 1.54) is 12.8 Å². The van der Waals surface area contributed by atoms with E-state index in [1.807, 2.05) is 36.1 Å². The van der Waals surface area contributed by atoms with Crippen molar-refractivity contribution in [3.8, 4) is 0 Å². The van der Waals surface area contributed by atoms with E-state index in [1.54, 1.807) is 7.11 Å². The molecule has 0 unspecified atom stereocenters. The highest BCUT2D eigenvalue weighted by molar-refractivity contribution is 5.94. The Morgan fingerprint density at radius 3 is 2.38 bits per heavy atom. The van der Waals surface area contributed by atoms with Crippen LogP contribution in [0, 0.1) is 12.8 Å². The van der Waals surface area contributed by atoms with Crippen LogP contribution in [-0.2, 0) is 9.53 Å². The van der Waals surface area contributed by atoms with Crippen LogP contribution >= 0.6 is 0 Å². The summed E-state index contributed by atoms with van der Waals surface area (Å²) in [4.78, 5) is 30.0. The molecule has 2 amide bonds. The average molecular weight is 402 g/mol. The molecule has 1 aromatic rings. The predicted molar refractivity (Wildman–Crippen MR) is 114 cm³/mol. The molecule has 1 heterocycles. The van der Waals surface area contributed by atoms with Gasteiger partial charge in [-0.3, -0.25) is 14.5 Å². The van der Waals surface area contributed by atoms with Crippen LogP contribution in [0.5, 0.6) is 0 Å². The third-order valence-corrected chi connectivity index (χ3v) is 6.23. The predicted octanol–water partition coefficient (Wildman–Crippen LogP) is 2.46. The molecule has 0 bridgehead atoms. The van der Waals surface area contributed by atoms with Crippen molar-refractivity contribution >= 4 is 11.8 Å². The number of rotatable bonds is 8. The first-order valence-corrected chi connectivity index (χ1v) is 11.0. The molecule has 29 heavy (non-hydrogen) atoms. The lowest BCUT2D eigenvalue weighted by Crippen LogP contribution is -2.58. The Bertz CT molecular complexity index is 662. The fourth-order valence-electron chi connectivity index (χ4n) is 4.57. The lowest BCUT2D eigenvalue weighted by atomic mass is 9.95. The van der Waals surface area contributed by atoms with Gasteiger partial charge in [0.25, 0.3) is 5.91 Å². The Morgan fingerprint density at radius 2 is 1.76 bits per heavy atom. The van der Waals surface area contributed by atoms with Gasteiger partial charge in [0.15, 0.2) is 0 Å². The zero-order chi connectivity index (χ0) is 20.6. The standard InChI is InChI=1S/C23H35N3O3/c1-18-8-10-20(11-9-18)23(28)26-15-13-25(14-16-26)21(19-6-3-4-7-19)22(27)24-12-5-17-29-2/h8-11,19,21H,3-7,12-17H2,1-2H3,(H,24,27)/t21-/m1/s1. The molecule has 1 aromatic carbocycles. The van der Waals surface area contributed by atoms with Gasteiger partial charge in [-0.15, -0.1) is 0 Å². The van der Waals surface area contributed by atoms with E-state index in [-0.39, 0.29) is 17.9 Å². The smallest absolute Gasteiger partial charge is 0.253 e. The topological polar surface area (TPSA) is 61.9 Å². The Labute approximate surface area is 174 Å². The number of methoxy groups -OCH3 is 1. The molecule has 1 aliphatic carbocycles. The van der Waals surface area contributed by atoms with Crippen LogP contribution in [0.3, 0.4) is 0 Å².